The van der Waals surface area contributed by atoms with Crippen LogP contribution in [0.15, 0.2) is 24.3 Å². The molecule has 1 amide bonds. The molecule has 1 aliphatic heterocycles. The molecule has 4 nitrogen and oxygen atoms in total. The Kier molecular flexibility index (Phi) is 4.14. The van der Waals surface area contributed by atoms with Crippen molar-refractivity contribution < 1.29 is 19.1 Å². The zero-order chi connectivity index (χ0) is 13.8. The number of carbonyl (C=O) groups is 2. The second kappa shape index (κ2) is 5.82. The van der Waals surface area contributed by atoms with Gasteiger partial charge in [0.25, 0.3) is 0 Å². The average Bonchev–Trinajstić information content (AvgIpc) is 2.39. The van der Waals surface area contributed by atoms with Crippen molar-refractivity contribution in [1.29, 1.82) is 0 Å². The molecule has 1 N–H and O–H groups in total. The van der Waals surface area contributed by atoms with Gasteiger partial charge in [-0.1, -0.05) is 18.2 Å². The second-order valence-corrected chi connectivity index (χ2v) is 4.75. The van der Waals surface area contributed by atoms with Gasteiger partial charge >= 0.3 is 5.97 Å². The number of nitrogens with zero attached hydrogens (tertiary/aromatic N) is 1. The number of aliphatic carboxylic acids is 1. The Morgan fingerprint density at radius 2 is 1.89 bits per heavy atom. The van der Waals surface area contributed by atoms with Crippen LogP contribution < -0.4 is 0 Å². The molecule has 1 aromatic rings. The molecule has 1 fully saturated rings. The minimum Gasteiger partial charge on any atom is -0.481 e. The standard InChI is InChI=1S/C14H16FNO3/c15-12-4-2-1-3-11(12)10-5-7-16(8-6-10)13(17)9-14(18)19/h1-4,10H,5-9H2,(H,18,19). The van der Waals surface area contributed by atoms with Gasteiger partial charge in [0, 0.05) is 13.1 Å². The van der Waals surface area contributed by atoms with Crippen LogP contribution in [-0.4, -0.2) is 35.0 Å². The number of benzene rings is 1. The first kappa shape index (κ1) is 13.5. The molecule has 102 valence electrons. The van der Waals surface area contributed by atoms with Gasteiger partial charge in [-0.2, -0.15) is 0 Å². The lowest BCUT2D eigenvalue weighted by atomic mass is 9.89. The van der Waals surface area contributed by atoms with E-state index >= 15 is 0 Å². The van der Waals surface area contributed by atoms with Crippen molar-refractivity contribution in [2.24, 2.45) is 0 Å². The summed E-state index contributed by atoms with van der Waals surface area (Å²) in [5.41, 5.74) is 0.688. The molecule has 0 unspecified atom stereocenters. The molecule has 0 aromatic heterocycles. The fourth-order valence-electron chi connectivity index (χ4n) is 2.49. The fourth-order valence-corrected chi connectivity index (χ4v) is 2.49. The van der Waals surface area contributed by atoms with Crippen molar-refractivity contribution in [3.63, 3.8) is 0 Å². The Labute approximate surface area is 110 Å². The topological polar surface area (TPSA) is 57.6 Å². The van der Waals surface area contributed by atoms with Crippen LogP contribution in [0.2, 0.25) is 0 Å². The number of hydrogen-bond donors (Lipinski definition) is 1. The minimum atomic E-state index is -1.11. The number of amides is 1. The summed E-state index contributed by atoms with van der Waals surface area (Å²) in [5.74, 6) is -1.58. The van der Waals surface area contributed by atoms with Gasteiger partial charge in [-0.3, -0.25) is 9.59 Å². The molecule has 0 atom stereocenters. The van der Waals surface area contributed by atoms with E-state index < -0.39 is 12.4 Å². The molecular weight excluding hydrogens is 249 g/mol. The van der Waals surface area contributed by atoms with Crippen LogP contribution in [-0.2, 0) is 9.59 Å². The van der Waals surface area contributed by atoms with E-state index in [2.05, 4.69) is 0 Å². The van der Waals surface area contributed by atoms with E-state index in [-0.39, 0.29) is 17.6 Å². The number of likely N-dealkylation sites (tertiary alicyclic amines) is 1. The normalized spacial score (nSPS) is 16.4. The SMILES string of the molecule is O=C(O)CC(=O)N1CCC(c2ccccc2F)CC1. The van der Waals surface area contributed by atoms with Crippen LogP contribution in [0.25, 0.3) is 0 Å². The Bertz CT molecular complexity index is 481. The Hall–Kier alpha value is -1.91. The number of piperidine rings is 1. The van der Waals surface area contributed by atoms with E-state index in [1.54, 1.807) is 23.1 Å². The van der Waals surface area contributed by atoms with E-state index in [0.29, 0.717) is 31.5 Å². The van der Waals surface area contributed by atoms with Crippen molar-refractivity contribution >= 4 is 11.9 Å². The van der Waals surface area contributed by atoms with Crippen molar-refractivity contribution in [3.8, 4) is 0 Å². The summed E-state index contributed by atoms with van der Waals surface area (Å²) in [6, 6.07) is 6.68. The van der Waals surface area contributed by atoms with Crippen molar-refractivity contribution in [2.75, 3.05) is 13.1 Å². The number of hydrogen-bond acceptors (Lipinski definition) is 2. The zero-order valence-corrected chi connectivity index (χ0v) is 10.5. The lowest BCUT2D eigenvalue weighted by Crippen LogP contribution is -2.38. The second-order valence-electron chi connectivity index (χ2n) is 4.75. The van der Waals surface area contributed by atoms with Gasteiger partial charge in [0.05, 0.1) is 0 Å². The number of rotatable bonds is 3. The van der Waals surface area contributed by atoms with Gasteiger partial charge in [0.15, 0.2) is 0 Å². The maximum absolute atomic E-state index is 13.6. The smallest absolute Gasteiger partial charge is 0.312 e. The first-order valence-electron chi connectivity index (χ1n) is 6.32. The third-order valence-corrected chi connectivity index (χ3v) is 3.50. The first-order chi connectivity index (χ1) is 9.08. The minimum absolute atomic E-state index is 0.107. The van der Waals surface area contributed by atoms with Crippen molar-refractivity contribution in [2.45, 2.75) is 25.2 Å². The van der Waals surface area contributed by atoms with Crippen molar-refractivity contribution in [1.82, 2.24) is 4.90 Å². The van der Waals surface area contributed by atoms with Crippen LogP contribution in [0.4, 0.5) is 4.39 Å². The van der Waals surface area contributed by atoms with Gasteiger partial charge in [-0.15, -0.1) is 0 Å². The highest BCUT2D eigenvalue weighted by atomic mass is 19.1. The Morgan fingerprint density at radius 1 is 1.26 bits per heavy atom. The molecule has 0 aliphatic carbocycles. The molecule has 19 heavy (non-hydrogen) atoms. The number of halogens is 1. The molecule has 0 spiro atoms. The van der Waals surface area contributed by atoms with E-state index in [1.165, 1.54) is 6.07 Å². The fraction of sp³-hybridized carbons (Fsp3) is 0.429. The number of carboxylic acid groups (broad SMARTS) is 1. The van der Waals surface area contributed by atoms with Gasteiger partial charge in [-0.05, 0) is 30.4 Å². The van der Waals surface area contributed by atoms with Gasteiger partial charge in [-0.25, -0.2) is 4.39 Å². The zero-order valence-electron chi connectivity index (χ0n) is 10.5. The quantitative estimate of drug-likeness (QED) is 0.850. The van der Waals surface area contributed by atoms with E-state index in [4.69, 9.17) is 5.11 Å². The molecule has 1 saturated heterocycles. The summed E-state index contributed by atoms with van der Waals surface area (Å²) in [4.78, 5) is 23.6. The lowest BCUT2D eigenvalue weighted by molar-refractivity contribution is -0.144. The van der Waals surface area contributed by atoms with E-state index in [0.717, 1.165) is 0 Å². The van der Waals surface area contributed by atoms with Crippen LogP contribution >= 0.6 is 0 Å². The average molecular weight is 265 g/mol. The predicted octanol–water partition coefficient (Wildman–Crippen LogP) is 2.01. The van der Waals surface area contributed by atoms with Gasteiger partial charge in [0.1, 0.15) is 12.2 Å². The molecule has 1 aliphatic rings. The molecule has 5 heteroatoms. The monoisotopic (exact) mass is 265 g/mol. The van der Waals surface area contributed by atoms with Crippen LogP contribution in [0, 0.1) is 5.82 Å². The Balaban J connectivity index is 1.94. The molecule has 1 aromatic carbocycles. The van der Waals surface area contributed by atoms with Crippen molar-refractivity contribution in [3.05, 3.63) is 35.6 Å². The van der Waals surface area contributed by atoms with Gasteiger partial charge in [0.2, 0.25) is 5.91 Å². The maximum atomic E-state index is 13.6. The predicted molar refractivity (Wildman–Crippen MR) is 67.2 cm³/mol. The number of carboxylic acids is 1. The molecule has 0 bridgehead atoms. The van der Waals surface area contributed by atoms with Crippen LogP contribution in [0.5, 0.6) is 0 Å². The summed E-state index contributed by atoms with van der Waals surface area (Å²) in [7, 11) is 0. The third-order valence-electron chi connectivity index (χ3n) is 3.50. The molecule has 0 radical (unpaired) electrons. The summed E-state index contributed by atoms with van der Waals surface area (Å²) < 4.78 is 13.6. The maximum Gasteiger partial charge on any atom is 0.312 e. The molecule has 0 saturated carbocycles. The third kappa shape index (κ3) is 3.30. The summed E-state index contributed by atoms with van der Waals surface area (Å²) in [6.07, 6.45) is 0.878. The highest BCUT2D eigenvalue weighted by molar-refractivity contribution is 5.93. The van der Waals surface area contributed by atoms with Crippen LogP contribution in [0.3, 0.4) is 0 Å². The van der Waals surface area contributed by atoms with Gasteiger partial charge < -0.3 is 10.0 Å². The highest BCUT2D eigenvalue weighted by Crippen LogP contribution is 2.29. The summed E-state index contributed by atoms with van der Waals surface area (Å²) in [6.45, 7) is 0.982. The van der Waals surface area contributed by atoms with E-state index in [9.17, 15) is 14.0 Å². The molecule has 2 rings (SSSR count). The molecular formula is C14H16FNO3. The lowest BCUT2D eigenvalue weighted by Gasteiger charge is -2.32. The first-order valence-corrected chi connectivity index (χ1v) is 6.32. The largest absolute Gasteiger partial charge is 0.481 e. The Morgan fingerprint density at radius 3 is 2.47 bits per heavy atom. The van der Waals surface area contributed by atoms with E-state index in [1.807, 2.05) is 0 Å². The molecule has 1 heterocycles. The summed E-state index contributed by atoms with van der Waals surface area (Å²) >= 11 is 0. The number of carbonyl (C=O) groups excluding carboxylic acids is 1. The highest BCUT2D eigenvalue weighted by Gasteiger charge is 2.26. The van der Waals surface area contributed by atoms with Crippen LogP contribution in [0.1, 0.15) is 30.7 Å². The summed E-state index contributed by atoms with van der Waals surface area (Å²) in [5, 5.41) is 8.58.